The van der Waals surface area contributed by atoms with E-state index in [1.807, 2.05) is 41.1 Å². The van der Waals surface area contributed by atoms with Crippen molar-refractivity contribution in [3.63, 3.8) is 0 Å². The van der Waals surface area contributed by atoms with Crippen LogP contribution in [0.2, 0.25) is 0 Å². The molecule has 3 heterocycles. The minimum absolute atomic E-state index is 0.127. The lowest BCUT2D eigenvalue weighted by molar-refractivity contribution is -0.129. The number of anilines is 4. The van der Waals surface area contributed by atoms with Gasteiger partial charge in [-0.05, 0) is 50.2 Å². The Morgan fingerprint density at radius 2 is 1.79 bits per heavy atom. The Morgan fingerprint density at radius 1 is 1.12 bits per heavy atom. The second-order valence-electron chi connectivity index (χ2n) is 8.55. The van der Waals surface area contributed by atoms with E-state index in [0.29, 0.717) is 17.3 Å². The van der Waals surface area contributed by atoms with Gasteiger partial charge in [0, 0.05) is 63.8 Å². The van der Waals surface area contributed by atoms with E-state index in [2.05, 4.69) is 25.5 Å². The van der Waals surface area contributed by atoms with Crippen molar-refractivity contribution in [1.29, 1.82) is 0 Å². The smallest absolute Gasteiger partial charge is 0.254 e. The van der Waals surface area contributed by atoms with Crippen LogP contribution in [0.25, 0.3) is 0 Å². The average Bonchev–Trinajstić information content (AvgIpc) is 2.84. The largest absolute Gasteiger partial charge is 0.368 e. The van der Waals surface area contributed by atoms with Crippen molar-refractivity contribution >= 4 is 35.0 Å². The Balaban J connectivity index is 1.46. The fraction of sp³-hybridized carbons (Fsp3) is 0.478. The van der Waals surface area contributed by atoms with Crippen molar-refractivity contribution in [2.75, 3.05) is 61.4 Å². The van der Waals surface area contributed by atoms with Crippen molar-refractivity contribution in [2.45, 2.75) is 25.8 Å². The summed E-state index contributed by atoms with van der Waals surface area (Å²) in [5.41, 5.74) is 7.88. The van der Waals surface area contributed by atoms with Crippen molar-refractivity contribution in [3.05, 3.63) is 36.0 Å². The third-order valence-electron chi connectivity index (χ3n) is 6.44. The van der Waals surface area contributed by atoms with E-state index in [-0.39, 0.29) is 11.9 Å². The molecule has 1 aromatic heterocycles. The van der Waals surface area contributed by atoms with E-state index >= 15 is 0 Å². The number of piperazine rings is 1. The van der Waals surface area contributed by atoms with Gasteiger partial charge in [0.1, 0.15) is 11.4 Å². The maximum atomic E-state index is 12.0. The molecule has 2 aliphatic rings. The van der Waals surface area contributed by atoms with Gasteiger partial charge in [0.2, 0.25) is 11.9 Å². The van der Waals surface area contributed by atoms with Gasteiger partial charge in [-0.3, -0.25) is 9.59 Å². The molecule has 0 atom stereocenters. The molecule has 4 rings (SSSR count). The minimum atomic E-state index is -0.536. The van der Waals surface area contributed by atoms with Crippen molar-refractivity contribution in [1.82, 2.24) is 20.2 Å². The number of primary amides is 1. The number of nitrogens with zero attached hydrogens (tertiary/aromatic N) is 5. The molecule has 2 saturated heterocycles. The van der Waals surface area contributed by atoms with Gasteiger partial charge in [0.25, 0.3) is 5.91 Å². The minimum Gasteiger partial charge on any atom is -0.368 e. The number of carbonyl (C=O) groups is 2. The van der Waals surface area contributed by atoms with Gasteiger partial charge >= 0.3 is 0 Å². The summed E-state index contributed by atoms with van der Waals surface area (Å²) in [5, 5.41) is 6.59. The molecule has 2 amide bonds. The van der Waals surface area contributed by atoms with Gasteiger partial charge in [-0.2, -0.15) is 4.98 Å². The van der Waals surface area contributed by atoms with E-state index in [4.69, 9.17) is 5.73 Å². The fourth-order valence-electron chi connectivity index (χ4n) is 4.41. The number of nitrogens with one attached hydrogen (secondary N) is 2. The van der Waals surface area contributed by atoms with Gasteiger partial charge in [0.05, 0.1) is 0 Å². The molecule has 0 aliphatic carbocycles. The average molecular weight is 453 g/mol. The Kier molecular flexibility index (Phi) is 6.93. The topological polar surface area (TPSA) is 120 Å². The van der Waals surface area contributed by atoms with Crippen LogP contribution in [-0.4, -0.2) is 79.0 Å². The summed E-state index contributed by atoms with van der Waals surface area (Å²) in [7, 11) is 1.95. The predicted molar refractivity (Wildman–Crippen MR) is 129 cm³/mol. The molecule has 0 saturated carbocycles. The number of carbonyl (C=O) groups excluding carboxylic acids is 2. The molecular weight excluding hydrogens is 420 g/mol. The van der Waals surface area contributed by atoms with E-state index < -0.39 is 5.91 Å². The highest BCUT2D eigenvalue weighted by Crippen LogP contribution is 2.25. The van der Waals surface area contributed by atoms with Crippen LogP contribution in [0.3, 0.4) is 0 Å². The molecule has 10 heteroatoms. The first-order valence-corrected chi connectivity index (χ1v) is 11.4. The van der Waals surface area contributed by atoms with Crippen molar-refractivity contribution < 1.29 is 9.59 Å². The summed E-state index contributed by atoms with van der Waals surface area (Å²) in [6.45, 7) is 6.60. The molecule has 2 fully saturated rings. The first-order valence-electron chi connectivity index (χ1n) is 11.4. The van der Waals surface area contributed by atoms with Crippen LogP contribution in [0.15, 0.2) is 30.5 Å². The van der Waals surface area contributed by atoms with Crippen LogP contribution in [-0.2, 0) is 4.79 Å². The molecule has 10 nitrogen and oxygen atoms in total. The summed E-state index contributed by atoms with van der Waals surface area (Å²) in [5.74, 6) is 0.554. The van der Waals surface area contributed by atoms with Crippen LogP contribution in [0.4, 0.5) is 23.1 Å². The van der Waals surface area contributed by atoms with Gasteiger partial charge in [-0.1, -0.05) is 0 Å². The van der Waals surface area contributed by atoms with Gasteiger partial charge < -0.3 is 31.1 Å². The second-order valence-corrected chi connectivity index (χ2v) is 8.55. The maximum Gasteiger partial charge on any atom is 0.254 e. The van der Waals surface area contributed by atoms with Crippen LogP contribution in [0, 0.1) is 0 Å². The molecule has 4 N–H and O–H groups in total. The summed E-state index contributed by atoms with van der Waals surface area (Å²) in [6.07, 6.45) is 3.45. The first kappa shape index (κ1) is 22.8. The predicted octanol–water partition coefficient (Wildman–Crippen LogP) is 1.18. The van der Waals surface area contributed by atoms with Crippen molar-refractivity contribution in [3.8, 4) is 0 Å². The molecule has 0 unspecified atom stereocenters. The fourth-order valence-corrected chi connectivity index (χ4v) is 4.41. The molecule has 176 valence electrons. The molecule has 1 aromatic carbocycles. The Hall–Kier alpha value is -3.40. The molecule has 33 heavy (non-hydrogen) atoms. The summed E-state index contributed by atoms with van der Waals surface area (Å²) in [6, 6.07) is 8.34. The number of benzene rings is 1. The molecule has 2 aliphatic heterocycles. The number of piperidine rings is 1. The normalized spacial score (nSPS) is 17.0. The van der Waals surface area contributed by atoms with E-state index in [9.17, 15) is 9.59 Å². The summed E-state index contributed by atoms with van der Waals surface area (Å²) >= 11 is 0. The standard InChI is InChI=1S/C23H32N8O2/c1-16(32)30-11-13-31(14-12-30)19-5-3-17(4-6-19)27-23-26-15-20(21(24)33)22(28-23)29(2)18-7-9-25-10-8-18/h3-6,15,18,25H,7-14H2,1-2H3,(H2,24,33)(H,26,27,28). The number of hydrogen-bond donors (Lipinski definition) is 3. The van der Waals surface area contributed by atoms with Crippen molar-refractivity contribution in [2.24, 2.45) is 5.73 Å². The highest BCUT2D eigenvalue weighted by atomic mass is 16.2. The summed E-state index contributed by atoms with van der Waals surface area (Å²) < 4.78 is 0. The van der Waals surface area contributed by atoms with E-state index in [1.165, 1.54) is 6.20 Å². The summed E-state index contributed by atoms with van der Waals surface area (Å²) in [4.78, 5) is 38.6. The lowest BCUT2D eigenvalue weighted by Crippen LogP contribution is -2.48. The van der Waals surface area contributed by atoms with Gasteiger partial charge in [-0.15, -0.1) is 0 Å². The third-order valence-corrected chi connectivity index (χ3v) is 6.44. The lowest BCUT2D eigenvalue weighted by atomic mass is 10.0. The Bertz CT molecular complexity index is 982. The molecule has 0 bridgehead atoms. The number of aromatic nitrogens is 2. The number of hydrogen-bond acceptors (Lipinski definition) is 8. The number of rotatable bonds is 6. The second kappa shape index (κ2) is 10.0. The molecule has 0 radical (unpaired) electrons. The maximum absolute atomic E-state index is 12.0. The van der Waals surface area contributed by atoms with Gasteiger partial charge in [0.15, 0.2) is 0 Å². The van der Waals surface area contributed by atoms with Gasteiger partial charge in [-0.25, -0.2) is 4.98 Å². The zero-order valence-electron chi connectivity index (χ0n) is 19.3. The Labute approximate surface area is 194 Å². The van der Waals surface area contributed by atoms with Crippen LogP contribution >= 0.6 is 0 Å². The SMILES string of the molecule is CC(=O)N1CCN(c2ccc(Nc3ncc(C(N)=O)c(N(C)C4CCNCC4)n3)cc2)CC1. The highest BCUT2D eigenvalue weighted by molar-refractivity contribution is 5.97. The number of amides is 2. The van der Waals surface area contributed by atoms with Crippen LogP contribution < -0.4 is 26.2 Å². The molecular formula is C23H32N8O2. The van der Waals surface area contributed by atoms with Crippen LogP contribution in [0.1, 0.15) is 30.1 Å². The Morgan fingerprint density at radius 3 is 2.39 bits per heavy atom. The zero-order valence-corrected chi connectivity index (χ0v) is 19.3. The molecule has 2 aromatic rings. The van der Waals surface area contributed by atoms with Crippen LogP contribution in [0.5, 0.6) is 0 Å². The third kappa shape index (κ3) is 5.33. The monoisotopic (exact) mass is 452 g/mol. The highest BCUT2D eigenvalue weighted by Gasteiger charge is 2.24. The quantitative estimate of drug-likeness (QED) is 0.598. The molecule has 0 spiro atoms. The number of nitrogens with two attached hydrogens (primary N) is 1. The lowest BCUT2D eigenvalue weighted by Gasteiger charge is -2.35. The van der Waals surface area contributed by atoms with E-state index in [0.717, 1.165) is 63.5 Å². The van der Waals surface area contributed by atoms with E-state index in [1.54, 1.807) is 6.92 Å². The zero-order chi connectivity index (χ0) is 23.4. The first-order chi connectivity index (χ1) is 15.9.